The summed E-state index contributed by atoms with van der Waals surface area (Å²) in [5, 5.41) is 3.50. The number of rotatable bonds is 5. The van der Waals surface area contributed by atoms with E-state index in [2.05, 4.69) is 59.8 Å². The molecule has 0 aromatic rings. The smallest absolute Gasteiger partial charge is 0.194 e. The number of nitrogens with zero attached hydrogens (tertiary/aromatic N) is 5. The lowest BCUT2D eigenvalue weighted by Gasteiger charge is -2.38. The van der Waals surface area contributed by atoms with E-state index in [1.165, 1.54) is 6.54 Å². The van der Waals surface area contributed by atoms with Gasteiger partial charge in [0.1, 0.15) is 0 Å². The molecule has 0 aromatic carbocycles. The normalized spacial score (nSPS) is 25.5. The van der Waals surface area contributed by atoms with Gasteiger partial charge in [0.15, 0.2) is 5.96 Å². The lowest BCUT2D eigenvalue weighted by Crippen LogP contribution is -2.54. The maximum Gasteiger partial charge on any atom is 0.194 e. The van der Waals surface area contributed by atoms with E-state index in [9.17, 15) is 0 Å². The van der Waals surface area contributed by atoms with Crippen LogP contribution in [0.4, 0.5) is 0 Å². The highest BCUT2D eigenvalue weighted by molar-refractivity contribution is 5.80. The summed E-state index contributed by atoms with van der Waals surface area (Å²) in [4.78, 5) is 14.9. The number of aliphatic imine (C=N–C) groups is 1. The van der Waals surface area contributed by atoms with E-state index in [1.807, 2.05) is 0 Å². The van der Waals surface area contributed by atoms with Crippen LogP contribution in [-0.2, 0) is 0 Å². The Bertz CT molecular complexity index is 389. The third-order valence-corrected chi connectivity index (χ3v) is 5.06. The van der Waals surface area contributed by atoms with Crippen LogP contribution in [0.3, 0.4) is 0 Å². The topological polar surface area (TPSA) is 37.4 Å². The fraction of sp³-hybridized carbons (Fsp3) is 0.944. The number of guanidine groups is 1. The number of likely N-dealkylation sites (N-methyl/N-ethyl adjacent to an activating group) is 2. The standard InChI is InChI=1S/C18H38N6/c1-6-19-18(20-13-17-15-21(4)7-8-22(17)5)24-11-9-23(10-12-24)14-16(2)3/h16-17H,6-15H2,1-5H3,(H,19,20). The molecule has 0 saturated carbocycles. The molecule has 2 aliphatic rings. The first-order valence-corrected chi connectivity index (χ1v) is 9.64. The van der Waals surface area contributed by atoms with Gasteiger partial charge in [0.05, 0.1) is 6.54 Å². The van der Waals surface area contributed by atoms with Crippen LogP contribution in [0.15, 0.2) is 4.99 Å². The second-order valence-electron chi connectivity index (χ2n) is 7.77. The Morgan fingerprint density at radius 3 is 2.42 bits per heavy atom. The third kappa shape index (κ3) is 5.90. The number of hydrogen-bond acceptors (Lipinski definition) is 4. The molecule has 2 saturated heterocycles. The van der Waals surface area contributed by atoms with Crippen molar-refractivity contribution in [1.29, 1.82) is 0 Å². The molecule has 140 valence electrons. The molecule has 6 nitrogen and oxygen atoms in total. The zero-order chi connectivity index (χ0) is 17.5. The van der Waals surface area contributed by atoms with Gasteiger partial charge in [-0.2, -0.15) is 0 Å². The SMILES string of the molecule is CCNC(=NCC1CN(C)CCN1C)N1CCN(CC(C)C)CC1. The predicted molar refractivity (Wildman–Crippen MR) is 103 cm³/mol. The zero-order valence-electron chi connectivity index (χ0n) is 16.5. The van der Waals surface area contributed by atoms with Crippen molar-refractivity contribution >= 4 is 5.96 Å². The van der Waals surface area contributed by atoms with Crippen molar-refractivity contribution in [3.05, 3.63) is 0 Å². The Kier molecular flexibility index (Phi) is 7.78. The van der Waals surface area contributed by atoms with Gasteiger partial charge in [-0.15, -0.1) is 0 Å². The maximum atomic E-state index is 4.98. The Balaban J connectivity index is 1.89. The molecule has 2 fully saturated rings. The van der Waals surface area contributed by atoms with Crippen LogP contribution < -0.4 is 5.32 Å². The van der Waals surface area contributed by atoms with Crippen LogP contribution in [0, 0.1) is 5.92 Å². The highest BCUT2D eigenvalue weighted by atomic mass is 15.4. The van der Waals surface area contributed by atoms with Crippen molar-refractivity contribution < 1.29 is 0 Å². The molecule has 0 bridgehead atoms. The van der Waals surface area contributed by atoms with Gasteiger partial charge in [0.2, 0.25) is 0 Å². The molecule has 0 spiro atoms. The van der Waals surface area contributed by atoms with Crippen LogP contribution in [0.5, 0.6) is 0 Å². The lowest BCUT2D eigenvalue weighted by molar-refractivity contribution is 0.119. The fourth-order valence-corrected chi connectivity index (χ4v) is 3.57. The quantitative estimate of drug-likeness (QED) is 0.583. The fourth-order valence-electron chi connectivity index (χ4n) is 3.57. The second kappa shape index (κ2) is 9.59. The van der Waals surface area contributed by atoms with Crippen LogP contribution in [0.2, 0.25) is 0 Å². The van der Waals surface area contributed by atoms with Gasteiger partial charge in [-0.3, -0.25) is 14.8 Å². The summed E-state index contributed by atoms with van der Waals surface area (Å²) < 4.78 is 0. The van der Waals surface area contributed by atoms with Gasteiger partial charge in [0, 0.05) is 64.9 Å². The van der Waals surface area contributed by atoms with Crippen molar-refractivity contribution in [3.63, 3.8) is 0 Å². The monoisotopic (exact) mass is 338 g/mol. The van der Waals surface area contributed by atoms with Crippen molar-refractivity contribution in [1.82, 2.24) is 24.9 Å². The second-order valence-corrected chi connectivity index (χ2v) is 7.77. The molecular weight excluding hydrogens is 300 g/mol. The van der Waals surface area contributed by atoms with Gasteiger partial charge in [-0.05, 0) is 26.9 Å². The van der Waals surface area contributed by atoms with Gasteiger partial charge < -0.3 is 15.1 Å². The summed E-state index contributed by atoms with van der Waals surface area (Å²) in [6.07, 6.45) is 0. The van der Waals surface area contributed by atoms with Gasteiger partial charge in [0.25, 0.3) is 0 Å². The van der Waals surface area contributed by atoms with E-state index in [1.54, 1.807) is 0 Å². The molecule has 6 heteroatoms. The number of nitrogens with one attached hydrogen (secondary N) is 1. The predicted octanol–water partition coefficient (Wildman–Crippen LogP) is 0.471. The van der Waals surface area contributed by atoms with Gasteiger partial charge in [-0.1, -0.05) is 13.8 Å². The van der Waals surface area contributed by atoms with Gasteiger partial charge >= 0.3 is 0 Å². The minimum atomic E-state index is 0.527. The Morgan fingerprint density at radius 2 is 1.79 bits per heavy atom. The minimum absolute atomic E-state index is 0.527. The van der Waals surface area contributed by atoms with Crippen molar-refractivity contribution in [2.24, 2.45) is 10.9 Å². The number of hydrogen-bond donors (Lipinski definition) is 1. The van der Waals surface area contributed by atoms with Crippen LogP contribution in [-0.4, -0.2) is 111 Å². The zero-order valence-corrected chi connectivity index (χ0v) is 16.5. The van der Waals surface area contributed by atoms with E-state index >= 15 is 0 Å². The van der Waals surface area contributed by atoms with Crippen LogP contribution in [0.1, 0.15) is 20.8 Å². The average molecular weight is 339 g/mol. The van der Waals surface area contributed by atoms with E-state index in [4.69, 9.17) is 4.99 Å². The van der Waals surface area contributed by atoms with E-state index in [0.717, 1.165) is 70.8 Å². The molecule has 24 heavy (non-hydrogen) atoms. The molecule has 2 rings (SSSR count). The summed E-state index contributed by atoms with van der Waals surface area (Å²) in [7, 11) is 4.44. The Hall–Kier alpha value is -0.850. The van der Waals surface area contributed by atoms with E-state index in [0.29, 0.717) is 6.04 Å². The highest BCUT2D eigenvalue weighted by Crippen LogP contribution is 2.08. The largest absolute Gasteiger partial charge is 0.357 e. The van der Waals surface area contributed by atoms with Crippen LogP contribution >= 0.6 is 0 Å². The molecule has 2 heterocycles. The Morgan fingerprint density at radius 1 is 1.08 bits per heavy atom. The van der Waals surface area contributed by atoms with Crippen molar-refractivity contribution in [2.45, 2.75) is 26.8 Å². The molecule has 0 amide bonds. The molecule has 0 aliphatic carbocycles. The summed E-state index contributed by atoms with van der Waals surface area (Å²) in [5.74, 6) is 1.85. The van der Waals surface area contributed by atoms with Gasteiger partial charge in [-0.25, -0.2) is 0 Å². The molecule has 0 aromatic heterocycles. The Labute approximate surface area is 148 Å². The van der Waals surface area contributed by atoms with Crippen molar-refractivity contribution in [3.8, 4) is 0 Å². The summed E-state index contributed by atoms with van der Waals surface area (Å²) in [6.45, 7) is 17.7. The highest BCUT2D eigenvalue weighted by Gasteiger charge is 2.23. The molecule has 1 N–H and O–H groups in total. The average Bonchev–Trinajstić information content (AvgIpc) is 2.54. The third-order valence-electron chi connectivity index (χ3n) is 5.06. The molecule has 2 aliphatic heterocycles. The lowest BCUT2D eigenvalue weighted by atomic mass is 10.2. The first kappa shape index (κ1) is 19.5. The first-order chi connectivity index (χ1) is 11.5. The molecular formula is C18H38N6. The molecule has 1 unspecified atom stereocenters. The summed E-state index contributed by atoms with van der Waals surface area (Å²) >= 11 is 0. The maximum absolute atomic E-state index is 4.98. The number of piperazine rings is 2. The first-order valence-electron chi connectivity index (χ1n) is 9.64. The summed E-state index contributed by atoms with van der Waals surface area (Å²) in [5.41, 5.74) is 0. The van der Waals surface area contributed by atoms with E-state index < -0.39 is 0 Å². The summed E-state index contributed by atoms with van der Waals surface area (Å²) in [6, 6.07) is 0.527. The molecule has 0 radical (unpaired) electrons. The van der Waals surface area contributed by atoms with Crippen LogP contribution in [0.25, 0.3) is 0 Å². The molecule has 1 atom stereocenters. The van der Waals surface area contributed by atoms with Crippen molar-refractivity contribution in [2.75, 3.05) is 79.5 Å². The minimum Gasteiger partial charge on any atom is -0.357 e. The van der Waals surface area contributed by atoms with E-state index in [-0.39, 0.29) is 0 Å².